The number of hydrogen-bond acceptors (Lipinski definition) is 2. The van der Waals surface area contributed by atoms with Crippen LogP contribution in [0.5, 0.6) is 0 Å². The number of fused-ring (bicyclic) bond motifs is 1. The molecule has 0 amide bonds. The lowest BCUT2D eigenvalue weighted by atomic mass is 9.66. The highest BCUT2D eigenvalue weighted by Crippen LogP contribution is 2.44. The molecule has 0 bridgehead atoms. The first kappa shape index (κ1) is 9.91. The van der Waals surface area contributed by atoms with Gasteiger partial charge in [-0.2, -0.15) is 0 Å². The molecule has 78 valence electrons. The molecule has 0 spiro atoms. The Kier molecular flexibility index (Phi) is 2.48. The molecular formula is C12H18O2. The monoisotopic (exact) mass is 194 g/mol. The zero-order valence-electron chi connectivity index (χ0n) is 8.75. The van der Waals surface area contributed by atoms with Gasteiger partial charge < -0.3 is 5.11 Å². The fraction of sp³-hybridized carbons (Fsp3) is 0.750. The number of carbonyl (C=O) groups excluding carboxylic acids is 1. The fourth-order valence-corrected chi connectivity index (χ4v) is 3.02. The Labute approximate surface area is 85.0 Å². The average Bonchev–Trinajstić information content (AvgIpc) is 2.15. The Morgan fingerprint density at radius 2 is 2.29 bits per heavy atom. The van der Waals surface area contributed by atoms with Crippen molar-refractivity contribution in [1.29, 1.82) is 0 Å². The average molecular weight is 194 g/mol. The molecule has 0 aromatic carbocycles. The molecule has 0 saturated heterocycles. The molecule has 2 rings (SSSR count). The maximum Gasteiger partial charge on any atom is 0.158 e. The molecular weight excluding hydrogens is 176 g/mol. The van der Waals surface area contributed by atoms with Gasteiger partial charge >= 0.3 is 0 Å². The highest BCUT2D eigenvalue weighted by Gasteiger charge is 2.44. The third kappa shape index (κ3) is 1.42. The van der Waals surface area contributed by atoms with Crippen LogP contribution in [0.2, 0.25) is 0 Å². The summed E-state index contributed by atoms with van der Waals surface area (Å²) in [6.07, 6.45) is 8.08. The minimum atomic E-state index is -0.775. The number of rotatable bonds is 1. The van der Waals surface area contributed by atoms with E-state index in [1.807, 2.05) is 6.08 Å². The van der Waals surface area contributed by atoms with Crippen LogP contribution in [0.3, 0.4) is 0 Å². The van der Waals surface area contributed by atoms with E-state index in [-0.39, 0.29) is 5.78 Å². The minimum Gasteiger partial charge on any atom is -0.385 e. The third-order valence-electron chi connectivity index (χ3n) is 3.75. The summed E-state index contributed by atoms with van der Waals surface area (Å²) in [5, 5.41) is 10.5. The predicted molar refractivity (Wildman–Crippen MR) is 54.9 cm³/mol. The normalized spacial score (nSPS) is 37.3. The maximum atomic E-state index is 11.4. The summed E-state index contributed by atoms with van der Waals surface area (Å²) in [6, 6.07) is 0. The van der Waals surface area contributed by atoms with Crippen LogP contribution in [0.1, 0.15) is 45.4 Å². The molecule has 14 heavy (non-hydrogen) atoms. The highest BCUT2D eigenvalue weighted by molar-refractivity contribution is 5.95. The molecule has 0 aliphatic heterocycles. The van der Waals surface area contributed by atoms with Crippen molar-refractivity contribution in [3.63, 3.8) is 0 Å². The molecule has 2 aliphatic rings. The number of allylic oxidation sites excluding steroid dienone is 1. The maximum absolute atomic E-state index is 11.4. The summed E-state index contributed by atoms with van der Waals surface area (Å²) in [6.45, 7) is 1.57. The van der Waals surface area contributed by atoms with Crippen molar-refractivity contribution in [3.05, 3.63) is 11.6 Å². The van der Waals surface area contributed by atoms with Crippen LogP contribution in [0, 0.1) is 5.92 Å². The Balaban J connectivity index is 2.32. The molecule has 0 radical (unpaired) electrons. The lowest BCUT2D eigenvalue weighted by Gasteiger charge is -2.43. The van der Waals surface area contributed by atoms with Crippen molar-refractivity contribution in [2.75, 3.05) is 0 Å². The highest BCUT2D eigenvalue weighted by atomic mass is 16.3. The lowest BCUT2D eigenvalue weighted by molar-refractivity contribution is -0.118. The van der Waals surface area contributed by atoms with Crippen LogP contribution < -0.4 is 0 Å². The molecule has 2 atom stereocenters. The van der Waals surface area contributed by atoms with Crippen molar-refractivity contribution >= 4 is 5.78 Å². The lowest BCUT2D eigenvalue weighted by Crippen LogP contribution is -2.46. The summed E-state index contributed by atoms with van der Waals surface area (Å²) in [5.74, 6) is 0.388. The quantitative estimate of drug-likeness (QED) is 0.695. The van der Waals surface area contributed by atoms with Gasteiger partial charge in [0.05, 0.1) is 5.60 Å². The van der Waals surface area contributed by atoms with Gasteiger partial charge in [0.15, 0.2) is 5.78 Å². The van der Waals surface area contributed by atoms with E-state index < -0.39 is 5.60 Å². The summed E-state index contributed by atoms with van der Waals surface area (Å²) in [7, 11) is 0. The summed E-state index contributed by atoms with van der Waals surface area (Å²) < 4.78 is 0. The van der Waals surface area contributed by atoms with Gasteiger partial charge in [0.1, 0.15) is 0 Å². The van der Waals surface area contributed by atoms with Crippen molar-refractivity contribution in [2.24, 2.45) is 5.92 Å². The van der Waals surface area contributed by atoms with Crippen LogP contribution in [0.4, 0.5) is 0 Å². The van der Waals surface area contributed by atoms with E-state index >= 15 is 0 Å². The SMILES string of the molecule is CC(=O)C1=CCC[C@@H]2CCCC[C@]12O. The second-order valence-corrected chi connectivity index (χ2v) is 4.62. The molecule has 0 unspecified atom stereocenters. The Hall–Kier alpha value is -0.630. The van der Waals surface area contributed by atoms with E-state index in [0.29, 0.717) is 11.5 Å². The topological polar surface area (TPSA) is 37.3 Å². The van der Waals surface area contributed by atoms with Crippen molar-refractivity contribution in [3.8, 4) is 0 Å². The summed E-state index contributed by atoms with van der Waals surface area (Å²) >= 11 is 0. The summed E-state index contributed by atoms with van der Waals surface area (Å²) in [4.78, 5) is 11.4. The second kappa shape index (κ2) is 3.50. The van der Waals surface area contributed by atoms with Crippen molar-refractivity contribution in [1.82, 2.24) is 0 Å². The zero-order chi connectivity index (χ0) is 10.2. The molecule has 2 aliphatic carbocycles. The van der Waals surface area contributed by atoms with Gasteiger partial charge in [-0.25, -0.2) is 0 Å². The van der Waals surface area contributed by atoms with E-state index in [4.69, 9.17) is 0 Å². The molecule has 2 nitrogen and oxygen atoms in total. The smallest absolute Gasteiger partial charge is 0.158 e. The molecule has 0 heterocycles. The van der Waals surface area contributed by atoms with E-state index in [9.17, 15) is 9.90 Å². The Morgan fingerprint density at radius 3 is 3.00 bits per heavy atom. The predicted octanol–water partition coefficient (Wildman–Crippen LogP) is 2.22. The van der Waals surface area contributed by atoms with E-state index in [1.165, 1.54) is 6.42 Å². The largest absolute Gasteiger partial charge is 0.385 e. The molecule has 0 aromatic rings. The fourth-order valence-electron chi connectivity index (χ4n) is 3.02. The van der Waals surface area contributed by atoms with Crippen LogP contribution in [0.15, 0.2) is 11.6 Å². The first-order chi connectivity index (χ1) is 6.64. The van der Waals surface area contributed by atoms with Gasteiger partial charge in [-0.05, 0) is 38.5 Å². The van der Waals surface area contributed by atoms with Crippen LogP contribution in [-0.2, 0) is 4.79 Å². The molecule has 0 aromatic heterocycles. The molecule has 1 saturated carbocycles. The van der Waals surface area contributed by atoms with Crippen LogP contribution in [-0.4, -0.2) is 16.5 Å². The first-order valence-corrected chi connectivity index (χ1v) is 5.58. The minimum absolute atomic E-state index is 0.0547. The van der Waals surface area contributed by atoms with Gasteiger partial charge in [0.2, 0.25) is 0 Å². The Bertz CT molecular complexity index is 280. The second-order valence-electron chi connectivity index (χ2n) is 4.62. The number of carbonyl (C=O) groups is 1. The van der Waals surface area contributed by atoms with E-state index in [0.717, 1.165) is 32.1 Å². The standard InChI is InChI=1S/C12H18O2/c1-9(13)11-7-4-6-10-5-2-3-8-12(10,11)14/h7,10,14H,2-6,8H2,1H3/t10-,12+/m0/s1. The van der Waals surface area contributed by atoms with Crippen molar-refractivity contribution < 1.29 is 9.90 Å². The van der Waals surface area contributed by atoms with Gasteiger partial charge in [-0.1, -0.05) is 18.9 Å². The van der Waals surface area contributed by atoms with Crippen molar-refractivity contribution in [2.45, 2.75) is 51.0 Å². The van der Waals surface area contributed by atoms with E-state index in [2.05, 4.69) is 0 Å². The number of ketones is 1. The first-order valence-electron chi connectivity index (χ1n) is 5.58. The van der Waals surface area contributed by atoms with Gasteiger partial charge in [-0.3, -0.25) is 4.79 Å². The molecule has 1 fully saturated rings. The number of hydrogen-bond donors (Lipinski definition) is 1. The molecule has 2 heteroatoms. The van der Waals surface area contributed by atoms with Gasteiger partial charge in [-0.15, -0.1) is 0 Å². The van der Waals surface area contributed by atoms with Crippen LogP contribution in [0.25, 0.3) is 0 Å². The number of Topliss-reactive ketones (excluding diaryl/α,β-unsaturated/α-hetero) is 1. The number of aliphatic hydroxyl groups is 1. The van der Waals surface area contributed by atoms with E-state index in [1.54, 1.807) is 6.92 Å². The van der Waals surface area contributed by atoms with Gasteiger partial charge in [0, 0.05) is 5.57 Å². The van der Waals surface area contributed by atoms with Crippen LogP contribution >= 0.6 is 0 Å². The third-order valence-corrected chi connectivity index (χ3v) is 3.75. The van der Waals surface area contributed by atoms with Gasteiger partial charge in [0.25, 0.3) is 0 Å². The summed E-state index contributed by atoms with van der Waals surface area (Å²) in [5.41, 5.74) is -0.0871. The zero-order valence-corrected chi connectivity index (χ0v) is 8.75. The Morgan fingerprint density at radius 1 is 1.50 bits per heavy atom. The molecule has 1 N–H and O–H groups in total.